The first-order chi connectivity index (χ1) is 5.86. The van der Waals surface area contributed by atoms with Gasteiger partial charge in [-0.3, -0.25) is 0 Å². The van der Waals surface area contributed by atoms with E-state index in [-0.39, 0.29) is 12.4 Å². The summed E-state index contributed by atoms with van der Waals surface area (Å²) in [5.74, 6) is 0.612. The molecule has 0 atom stereocenters. The maximum Gasteiger partial charge on any atom is 0.187 e. The molecule has 0 aliphatic carbocycles. The molecule has 74 valence electrons. The van der Waals surface area contributed by atoms with E-state index in [2.05, 4.69) is 9.88 Å². The number of rotatable bonds is 1. The van der Waals surface area contributed by atoms with Gasteiger partial charge in [-0.25, -0.2) is 4.98 Å². The van der Waals surface area contributed by atoms with Crippen molar-refractivity contribution in [1.82, 2.24) is 4.98 Å². The molecule has 1 aromatic heterocycles. The van der Waals surface area contributed by atoms with Crippen LogP contribution in [0.15, 0.2) is 5.38 Å². The van der Waals surface area contributed by atoms with E-state index in [1.807, 2.05) is 5.38 Å². The third-order valence-electron chi connectivity index (χ3n) is 1.79. The first-order valence-electron chi connectivity index (χ1n) is 3.90. The Balaban J connectivity index is 0.000000845. The number of halogens is 1. The van der Waals surface area contributed by atoms with Crippen LogP contribution in [0.2, 0.25) is 0 Å². The molecule has 1 fully saturated rings. The van der Waals surface area contributed by atoms with Crippen LogP contribution in [0.25, 0.3) is 0 Å². The maximum absolute atomic E-state index is 5.53. The molecule has 1 saturated heterocycles. The molecule has 1 aromatic rings. The van der Waals surface area contributed by atoms with E-state index < -0.39 is 0 Å². The summed E-state index contributed by atoms with van der Waals surface area (Å²) in [4.78, 5) is 6.40. The Morgan fingerprint density at radius 3 is 2.69 bits per heavy atom. The van der Waals surface area contributed by atoms with Crippen molar-refractivity contribution in [2.45, 2.75) is 0 Å². The van der Waals surface area contributed by atoms with Crippen LogP contribution >= 0.6 is 23.7 Å². The lowest BCUT2D eigenvalue weighted by molar-refractivity contribution is 0.122. The average molecular weight is 222 g/mol. The van der Waals surface area contributed by atoms with Crippen molar-refractivity contribution in [2.24, 2.45) is 0 Å². The van der Waals surface area contributed by atoms with Crippen molar-refractivity contribution >= 4 is 34.7 Å². The SMILES string of the molecule is Cl.Nc1csc(N2CCOCC2)n1. The highest BCUT2D eigenvalue weighted by Crippen LogP contribution is 2.21. The molecule has 1 aliphatic rings. The summed E-state index contributed by atoms with van der Waals surface area (Å²) in [5, 5.41) is 2.88. The number of hydrogen-bond donors (Lipinski definition) is 1. The van der Waals surface area contributed by atoms with Gasteiger partial charge in [0.05, 0.1) is 13.2 Å². The van der Waals surface area contributed by atoms with Crippen LogP contribution in [-0.2, 0) is 4.74 Å². The molecule has 0 bridgehead atoms. The van der Waals surface area contributed by atoms with Crippen molar-refractivity contribution in [3.05, 3.63) is 5.38 Å². The average Bonchev–Trinajstić information content (AvgIpc) is 2.54. The number of morpholine rings is 1. The topological polar surface area (TPSA) is 51.4 Å². The molecule has 0 amide bonds. The molecule has 0 spiro atoms. The minimum absolute atomic E-state index is 0. The summed E-state index contributed by atoms with van der Waals surface area (Å²) in [6.07, 6.45) is 0. The lowest BCUT2D eigenvalue weighted by Gasteiger charge is -2.25. The Hall–Kier alpha value is -0.520. The van der Waals surface area contributed by atoms with Crippen molar-refractivity contribution < 1.29 is 4.74 Å². The van der Waals surface area contributed by atoms with Crippen molar-refractivity contribution in [3.63, 3.8) is 0 Å². The van der Waals surface area contributed by atoms with Crippen LogP contribution in [-0.4, -0.2) is 31.3 Å². The standard InChI is InChI=1S/C7H11N3OS.ClH/c8-6-5-12-7(9-6)10-1-3-11-4-2-10;/h5H,1-4,8H2;1H. The maximum atomic E-state index is 5.53. The smallest absolute Gasteiger partial charge is 0.187 e. The van der Waals surface area contributed by atoms with Gasteiger partial charge in [0.2, 0.25) is 0 Å². The number of ether oxygens (including phenoxy) is 1. The molecular formula is C7H12ClN3OS. The predicted molar refractivity (Wildman–Crippen MR) is 56.8 cm³/mol. The van der Waals surface area contributed by atoms with Crippen LogP contribution < -0.4 is 10.6 Å². The molecule has 2 heterocycles. The summed E-state index contributed by atoms with van der Waals surface area (Å²) >= 11 is 1.59. The van der Waals surface area contributed by atoms with Crippen LogP contribution in [0, 0.1) is 0 Å². The Morgan fingerprint density at radius 1 is 1.46 bits per heavy atom. The number of nitrogen functional groups attached to an aromatic ring is 1. The second kappa shape index (κ2) is 4.64. The molecular weight excluding hydrogens is 210 g/mol. The third kappa shape index (κ3) is 2.46. The highest BCUT2D eigenvalue weighted by atomic mass is 35.5. The fourth-order valence-electron chi connectivity index (χ4n) is 1.18. The van der Waals surface area contributed by atoms with Crippen LogP contribution in [0.1, 0.15) is 0 Å². The van der Waals surface area contributed by atoms with Crippen LogP contribution in [0.3, 0.4) is 0 Å². The fourth-order valence-corrected chi connectivity index (χ4v) is 1.94. The van der Waals surface area contributed by atoms with Gasteiger partial charge in [-0.1, -0.05) is 0 Å². The van der Waals surface area contributed by atoms with Crippen molar-refractivity contribution in [2.75, 3.05) is 36.9 Å². The number of thiazole rings is 1. The van der Waals surface area contributed by atoms with Gasteiger partial charge in [-0.2, -0.15) is 0 Å². The fraction of sp³-hybridized carbons (Fsp3) is 0.571. The summed E-state index contributed by atoms with van der Waals surface area (Å²) in [5.41, 5.74) is 5.53. The Morgan fingerprint density at radius 2 is 2.15 bits per heavy atom. The van der Waals surface area contributed by atoms with E-state index in [0.29, 0.717) is 5.82 Å². The minimum Gasteiger partial charge on any atom is -0.383 e. The molecule has 0 saturated carbocycles. The Labute approximate surface area is 87.1 Å². The van der Waals surface area contributed by atoms with Gasteiger partial charge in [0.1, 0.15) is 5.82 Å². The van der Waals surface area contributed by atoms with E-state index in [9.17, 15) is 0 Å². The van der Waals surface area contributed by atoms with Gasteiger partial charge >= 0.3 is 0 Å². The monoisotopic (exact) mass is 221 g/mol. The summed E-state index contributed by atoms with van der Waals surface area (Å²) in [6, 6.07) is 0. The highest BCUT2D eigenvalue weighted by molar-refractivity contribution is 7.14. The zero-order chi connectivity index (χ0) is 8.39. The number of nitrogens with two attached hydrogens (primary N) is 1. The molecule has 13 heavy (non-hydrogen) atoms. The molecule has 2 N–H and O–H groups in total. The van der Waals surface area contributed by atoms with Crippen LogP contribution in [0.5, 0.6) is 0 Å². The van der Waals surface area contributed by atoms with Gasteiger partial charge in [0.15, 0.2) is 5.13 Å². The molecule has 0 unspecified atom stereocenters. The second-order valence-corrected chi connectivity index (χ2v) is 3.49. The molecule has 0 radical (unpaired) electrons. The summed E-state index contributed by atoms with van der Waals surface area (Å²) < 4.78 is 5.23. The highest BCUT2D eigenvalue weighted by Gasteiger charge is 2.13. The number of hydrogen-bond acceptors (Lipinski definition) is 5. The lowest BCUT2D eigenvalue weighted by Crippen LogP contribution is -2.36. The van der Waals surface area contributed by atoms with Gasteiger partial charge in [0.25, 0.3) is 0 Å². The molecule has 4 nitrogen and oxygen atoms in total. The van der Waals surface area contributed by atoms with Crippen LogP contribution in [0.4, 0.5) is 10.9 Å². The molecule has 1 aliphatic heterocycles. The quantitative estimate of drug-likeness (QED) is 0.769. The molecule has 2 rings (SSSR count). The summed E-state index contributed by atoms with van der Waals surface area (Å²) in [7, 11) is 0. The number of aromatic nitrogens is 1. The first kappa shape index (κ1) is 10.6. The normalized spacial score (nSPS) is 16.8. The first-order valence-corrected chi connectivity index (χ1v) is 4.78. The van der Waals surface area contributed by atoms with E-state index in [1.165, 1.54) is 0 Å². The van der Waals surface area contributed by atoms with E-state index in [4.69, 9.17) is 10.5 Å². The minimum atomic E-state index is 0. The number of anilines is 2. The molecule has 6 heteroatoms. The lowest BCUT2D eigenvalue weighted by atomic mass is 10.5. The summed E-state index contributed by atoms with van der Waals surface area (Å²) in [6.45, 7) is 3.43. The van der Waals surface area contributed by atoms with Gasteiger partial charge in [0, 0.05) is 18.5 Å². The van der Waals surface area contributed by atoms with E-state index in [0.717, 1.165) is 31.4 Å². The van der Waals surface area contributed by atoms with Crippen molar-refractivity contribution in [3.8, 4) is 0 Å². The third-order valence-corrected chi connectivity index (χ3v) is 2.71. The van der Waals surface area contributed by atoms with Crippen molar-refractivity contribution in [1.29, 1.82) is 0 Å². The Bertz CT molecular complexity index is 262. The van der Waals surface area contributed by atoms with Gasteiger partial charge < -0.3 is 15.4 Å². The van der Waals surface area contributed by atoms with E-state index in [1.54, 1.807) is 11.3 Å². The zero-order valence-electron chi connectivity index (χ0n) is 7.10. The zero-order valence-corrected chi connectivity index (χ0v) is 8.74. The van der Waals surface area contributed by atoms with Gasteiger partial charge in [-0.05, 0) is 0 Å². The number of nitrogens with zero attached hydrogens (tertiary/aromatic N) is 2. The van der Waals surface area contributed by atoms with Gasteiger partial charge in [-0.15, -0.1) is 23.7 Å². The predicted octanol–water partition coefficient (Wildman–Crippen LogP) is 0.984. The van der Waals surface area contributed by atoms with E-state index >= 15 is 0 Å². The Kier molecular flexibility index (Phi) is 3.77. The largest absolute Gasteiger partial charge is 0.383 e. The molecule has 0 aromatic carbocycles. The second-order valence-electron chi connectivity index (χ2n) is 2.65.